The second-order valence-electron chi connectivity index (χ2n) is 3.11. The molecule has 0 N–H and O–H groups in total. The van der Waals surface area contributed by atoms with Gasteiger partial charge in [-0.2, -0.15) is 0 Å². The molecule has 0 atom stereocenters. The van der Waals surface area contributed by atoms with E-state index in [0.717, 1.165) is 12.8 Å². The first-order valence-corrected chi connectivity index (χ1v) is 4.67. The van der Waals surface area contributed by atoms with E-state index < -0.39 is 0 Å². The lowest BCUT2D eigenvalue weighted by Gasteiger charge is -2.08. The zero-order chi connectivity index (χ0) is 9.56. The molecule has 0 aromatic rings. The van der Waals surface area contributed by atoms with E-state index in [0.29, 0.717) is 0 Å². The van der Waals surface area contributed by atoms with Crippen molar-refractivity contribution in [2.75, 3.05) is 0 Å². The van der Waals surface area contributed by atoms with E-state index in [4.69, 9.17) is 0 Å². The Morgan fingerprint density at radius 3 is 2.25 bits per heavy atom. The lowest BCUT2D eigenvalue weighted by atomic mass is 9.98. The van der Waals surface area contributed by atoms with Gasteiger partial charge in [0.2, 0.25) is 0 Å². The maximum Gasteiger partial charge on any atom is -0.0247 e. The molecule has 0 heteroatoms. The van der Waals surface area contributed by atoms with Crippen LogP contribution in [0.1, 0.15) is 40.0 Å². The Morgan fingerprint density at radius 1 is 1.33 bits per heavy atom. The van der Waals surface area contributed by atoms with Gasteiger partial charge in [-0.15, -0.1) is 0 Å². The topological polar surface area (TPSA) is 0 Å². The van der Waals surface area contributed by atoms with E-state index in [1.54, 1.807) is 0 Å². The summed E-state index contributed by atoms with van der Waals surface area (Å²) < 4.78 is 0. The largest absolute Gasteiger partial charge is 0.0985 e. The molecule has 0 unspecified atom stereocenters. The average Bonchev–Trinajstić information content (AvgIpc) is 2.06. The van der Waals surface area contributed by atoms with Crippen LogP contribution >= 0.6 is 0 Å². The Balaban J connectivity index is 4.60. The van der Waals surface area contributed by atoms with Crippen molar-refractivity contribution >= 4 is 0 Å². The van der Waals surface area contributed by atoms with Crippen LogP contribution in [0.2, 0.25) is 0 Å². The van der Waals surface area contributed by atoms with Crippen LogP contribution in [0.25, 0.3) is 0 Å². The summed E-state index contributed by atoms with van der Waals surface area (Å²) in [4.78, 5) is 0. The molecule has 0 saturated heterocycles. The van der Waals surface area contributed by atoms with Gasteiger partial charge >= 0.3 is 0 Å². The molecule has 0 bridgehead atoms. The minimum absolute atomic E-state index is 1.02. The minimum Gasteiger partial charge on any atom is -0.0985 e. The van der Waals surface area contributed by atoms with Crippen molar-refractivity contribution in [2.24, 2.45) is 0 Å². The van der Waals surface area contributed by atoms with Crippen molar-refractivity contribution in [3.05, 3.63) is 36.0 Å². The van der Waals surface area contributed by atoms with Crippen LogP contribution in [0.5, 0.6) is 0 Å². The quantitative estimate of drug-likeness (QED) is 0.533. The summed E-state index contributed by atoms with van der Waals surface area (Å²) in [7, 11) is 0. The molecule has 0 radical (unpaired) electrons. The third kappa shape index (κ3) is 3.08. The Kier molecular flexibility index (Phi) is 5.44. The summed E-state index contributed by atoms with van der Waals surface area (Å²) in [5.74, 6) is 0. The molecule has 0 aliphatic rings. The van der Waals surface area contributed by atoms with Crippen molar-refractivity contribution in [2.45, 2.75) is 40.0 Å². The van der Waals surface area contributed by atoms with Gasteiger partial charge in [0.05, 0.1) is 0 Å². The van der Waals surface area contributed by atoms with Gasteiger partial charge in [-0.25, -0.2) is 0 Å². The van der Waals surface area contributed by atoms with Crippen molar-refractivity contribution in [1.82, 2.24) is 0 Å². The number of allylic oxidation sites excluding steroid dienone is 4. The molecule has 12 heavy (non-hydrogen) atoms. The maximum absolute atomic E-state index is 4.02. The van der Waals surface area contributed by atoms with Gasteiger partial charge in [-0.1, -0.05) is 45.1 Å². The highest BCUT2D eigenvalue weighted by molar-refractivity contribution is 5.40. The zero-order valence-corrected chi connectivity index (χ0v) is 8.61. The molecule has 0 aromatic heterocycles. The Hall–Kier alpha value is -0.780. The molecule has 0 heterocycles. The fourth-order valence-corrected chi connectivity index (χ4v) is 1.32. The van der Waals surface area contributed by atoms with Crippen LogP contribution in [0, 0.1) is 0 Å². The lowest BCUT2D eigenvalue weighted by molar-refractivity contribution is 0.893. The summed E-state index contributed by atoms with van der Waals surface area (Å²) in [6, 6.07) is 0. The lowest BCUT2D eigenvalue weighted by Crippen LogP contribution is -1.88. The molecule has 0 saturated carbocycles. The smallest absolute Gasteiger partial charge is 0.0247 e. The van der Waals surface area contributed by atoms with Gasteiger partial charge in [0, 0.05) is 0 Å². The molecular formula is C12H20. The molecule has 0 fully saturated rings. The highest BCUT2D eigenvalue weighted by Gasteiger charge is 2.00. The first-order valence-electron chi connectivity index (χ1n) is 4.67. The number of hydrogen-bond acceptors (Lipinski definition) is 0. The highest BCUT2D eigenvalue weighted by atomic mass is 14.1. The number of hydrogen-bond donors (Lipinski definition) is 0. The van der Waals surface area contributed by atoms with E-state index in [1.807, 2.05) is 6.08 Å². The molecule has 0 nitrogen and oxygen atoms in total. The van der Waals surface area contributed by atoms with E-state index in [1.165, 1.54) is 23.1 Å². The van der Waals surface area contributed by atoms with Gasteiger partial charge in [0.15, 0.2) is 0 Å². The Labute approximate surface area is 76.7 Å². The standard InChI is InChI=1S/C12H20/c1-6-9-11(5)12(8-3)10(4)7-2/h8H,3-4,6-7,9H2,1-2,5H3/b12-11-. The first-order chi connectivity index (χ1) is 5.67. The molecule has 68 valence electrons. The van der Waals surface area contributed by atoms with Gasteiger partial charge in [-0.3, -0.25) is 0 Å². The molecule has 0 spiro atoms. The Morgan fingerprint density at radius 2 is 1.92 bits per heavy atom. The molecule has 0 amide bonds. The first kappa shape index (κ1) is 11.2. The Bertz CT molecular complexity index is 194. The van der Waals surface area contributed by atoms with Crippen LogP contribution < -0.4 is 0 Å². The van der Waals surface area contributed by atoms with Crippen LogP contribution in [-0.4, -0.2) is 0 Å². The third-order valence-electron chi connectivity index (χ3n) is 2.10. The molecule has 0 rings (SSSR count). The highest BCUT2D eigenvalue weighted by Crippen LogP contribution is 2.20. The van der Waals surface area contributed by atoms with Crippen molar-refractivity contribution in [1.29, 1.82) is 0 Å². The summed E-state index contributed by atoms with van der Waals surface area (Å²) in [6.07, 6.45) is 5.29. The average molecular weight is 164 g/mol. The summed E-state index contributed by atoms with van der Waals surface area (Å²) in [5, 5.41) is 0. The monoisotopic (exact) mass is 164 g/mol. The maximum atomic E-state index is 4.02. The fraction of sp³-hybridized carbons (Fsp3) is 0.500. The van der Waals surface area contributed by atoms with E-state index in [-0.39, 0.29) is 0 Å². The third-order valence-corrected chi connectivity index (χ3v) is 2.10. The molecule has 0 aliphatic heterocycles. The van der Waals surface area contributed by atoms with Gasteiger partial charge in [0.1, 0.15) is 0 Å². The summed E-state index contributed by atoms with van der Waals surface area (Å²) in [5.41, 5.74) is 3.88. The van der Waals surface area contributed by atoms with E-state index >= 15 is 0 Å². The van der Waals surface area contributed by atoms with Crippen LogP contribution in [0.3, 0.4) is 0 Å². The van der Waals surface area contributed by atoms with Crippen LogP contribution in [-0.2, 0) is 0 Å². The molecule has 0 aliphatic carbocycles. The van der Waals surface area contributed by atoms with Crippen molar-refractivity contribution in [3.8, 4) is 0 Å². The van der Waals surface area contributed by atoms with Gasteiger partial charge < -0.3 is 0 Å². The normalized spacial score (nSPS) is 12.2. The van der Waals surface area contributed by atoms with E-state index in [2.05, 4.69) is 33.9 Å². The second-order valence-corrected chi connectivity index (χ2v) is 3.11. The zero-order valence-electron chi connectivity index (χ0n) is 8.61. The van der Waals surface area contributed by atoms with Gasteiger partial charge in [0.25, 0.3) is 0 Å². The predicted molar refractivity (Wildman–Crippen MR) is 57.2 cm³/mol. The SMILES string of the molecule is C=C/C(C(=C)CC)=C(\C)CCC. The summed E-state index contributed by atoms with van der Waals surface area (Å²) >= 11 is 0. The van der Waals surface area contributed by atoms with Gasteiger partial charge in [-0.05, 0) is 30.9 Å². The molecular weight excluding hydrogens is 144 g/mol. The van der Waals surface area contributed by atoms with E-state index in [9.17, 15) is 0 Å². The fourth-order valence-electron chi connectivity index (χ4n) is 1.32. The van der Waals surface area contributed by atoms with Crippen LogP contribution in [0.4, 0.5) is 0 Å². The summed E-state index contributed by atoms with van der Waals surface area (Å²) in [6.45, 7) is 14.3. The predicted octanol–water partition coefficient (Wildman–Crippen LogP) is 4.26. The second kappa shape index (κ2) is 5.82. The minimum atomic E-state index is 1.02. The van der Waals surface area contributed by atoms with Crippen molar-refractivity contribution in [3.63, 3.8) is 0 Å². The van der Waals surface area contributed by atoms with Crippen molar-refractivity contribution < 1.29 is 0 Å². The number of rotatable bonds is 5. The molecule has 0 aromatic carbocycles. The van der Waals surface area contributed by atoms with Crippen LogP contribution in [0.15, 0.2) is 36.0 Å².